The summed E-state index contributed by atoms with van der Waals surface area (Å²) in [5.41, 5.74) is 8.85. The molecule has 0 aromatic heterocycles. The molecule has 0 saturated heterocycles. The lowest BCUT2D eigenvalue weighted by Crippen LogP contribution is -2.23. The molecule has 1 aliphatic carbocycles. The Kier molecular flexibility index (Phi) is 5.67. The predicted octanol–water partition coefficient (Wildman–Crippen LogP) is 3.77. The lowest BCUT2D eigenvalue weighted by molar-refractivity contribution is -0.120. The molecule has 2 aromatic carbocycles. The van der Waals surface area contributed by atoms with E-state index in [1.165, 1.54) is 12.8 Å². The van der Waals surface area contributed by atoms with Crippen molar-refractivity contribution >= 4 is 17.4 Å². The summed E-state index contributed by atoms with van der Waals surface area (Å²) in [7, 11) is 0. The van der Waals surface area contributed by atoms with Crippen molar-refractivity contribution in [1.82, 2.24) is 0 Å². The van der Waals surface area contributed by atoms with Gasteiger partial charge in [-0.1, -0.05) is 60.5 Å². The van der Waals surface area contributed by atoms with Crippen LogP contribution in [-0.4, -0.2) is 18.3 Å². The lowest BCUT2D eigenvalue weighted by Gasteiger charge is -2.08. The van der Waals surface area contributed by atoms with E-state index in [0.29, 0.717) is 11.8 Å². The minimum atomic E-state index is -0.254. The number of nitrogens with one attached hydrogen (secondary N) is 1. The van der Waals surface area contributed by atoms with Gasteiger partial charge in [-0.3, -0.25) is 4.79 Å². The molecule has 5 nitrogen and oxygen atoms in total. The summed E-state index contributed by atoms with van der Waals surface area (Å²) in [6, 6.07) is 17.8. The molecular weight excluding hydrogens is 314 g/mol. The molecule has 0 aliphatic heterocycles. The Hall–Kier alpha value is -2.82. The molecule has 0 heterocycles. The van der Waals surface area contributed by atoms with E-state index in [0.717, 1.165) is 29.7 Å². The fourth-order valence-corrected chi connectivity index (χ4v) is 3.04. The third-order valence-corrected chi connectivity index (χ3v) is 4.41. The summed E-state index contributed by atoms with van der Waals surface area (Å²) in [5.74, 6) is 0.543. The van der Waals surface area contributed by atoms with Gasteiger partial charge >= 0.3 is 0 Å². The third kappa shape index (κ3) is 4.83. The van der Waals surface area contributed by atoms with Crippen LogP contribution in [0.1, 0.15) is 25.7 Å². The highest BCUT2D eigenvalue weighted by Gasteiger charge is 2.19. The molecule has 1 fully saturated rings. The second-order valence-electron chi connectivity index (χ2n) is 6.26. The van der Waals surface area contributed by atoms with Crippen LogP contribution in [0.5, 0.6) is 0 Å². The first-order chi connectivity index (χ1) is 12.2. The highest BCUT2D eigenvalue weighted by Crippen LogP contribution is 2.24. The largest absolute Gasteiger partial charge is 0.384 e. The van der Waals surface area contributed by atoms with E-state index in [-0.39, 0.29) is 12.5 Å². The summed E-state index contributed by atoms with van der Waals surface area (Å²) in [4.78, 5) is 17.0. The van der Waals surface area contributed by atoms with Crippen LogP contribution in [0, 0.1) is 5.92 Å². The van der Waals surface area contributed by atoms with E-state index in [1.807, 2.05) is 54.6 Å². The number of anilines is 1. The first-order valence-corrected chi connectivity index (χ1v) is 8.63. The van der Waals surface area contributed by atoms with Crippen LogP contribution >= 0.6 is 0 Å². The summed E-state index contributed by atoms with van der Waals surface area (Å²) < 4.78 is 0. The molecule has 1 aliphatic rings. The maximum absolute atomic E-state index is 11.9. The molecule has 25 heavy (non-hydrogen) atoms. The Morgan fingerprint density at radius 2 is 1.68 bits per heavy atom. The monoisotopic (exact) mass is 337 g/mol. The number of nitrogens with two attached hydrogens (primary N) is 1. The van der Waals surface area contributed by atoms with Crippen LogP contribution in [0.4, 0.5) is 5.69 Å². The SMILES string of the molecule is N/C(=N\OCC(=O)Nc1ccc(-c2ccccc2)cc1)C1CCCC1. The van der Waals surface area contributed by atoms with Crippen molar-refractivity contribution in [3.8, 4) is 11.1 Å². The summed E-state index contributed by atoms with van der Waals surface area (Å²) in [5, 5.41) is 6.67. The lowest BCUT2D eigenvalue weighted by atomic mass is 10.1. The highest BCUT2D eigenvalue weighted by atomic mass is 16.6. The number of amidine groups is 1. The molecule has 3 rings (SSSR count). The molecule has 2 aromatic rings. The molecule has 0 atom stereocenters. The van der Waals surface area contributed by atoms with Gasteiger partial charge in [-0.2, -0.15) is 0 Å². The second-order valence-corrected chi connectivity index (χ2v) is 6.26. The van der Waals surface area contributed by atoms with E-state index < -0.39 is 0 Å². The molecule has 3 N–H and O–H groups in total. The van der Waals surface area contributed by atoms with Gasteiger partial charge in [0.05, 0.1) is 0 Å². The number of benzene rings is 2. The zero-order valence-corrected chi connectivity index (χ0v) is 14.2. The molecule has 0 spiro atoms. The zero-order valence-electron chi connectivity index (χ0n) is 14.2. The number of hydrogen-bond acceptors (Lipinski definition) is 3. The van der Waals surface area contributed by atoms with Crippen molar-refractivity contribution in [1.29, 1.82) is 0 Å². The van der Waals surface area contributed by atoms with Gasteiger partial charge in [0.25, 0.3) is 5.91 Å². The number of carbonyl (C=O) groups is 1. The maximum Gasteiger partial charge on any atom is 0.265 e. The van der Waals surface area contributed by atoms with Crippen molar-refractivity contribution in [2.24, 2.45) is 16.8 Å². The fourth-order valence-electron chi connectivity index (χ4n) is 3.04. The average Bonchev–Trinajstić information content (AvgIpc) is 3.18. The number of nitrogens with zero attached hydrogens (tertiary/aromatic N) is 1. The van der Waals surface area contributed by atoms with Crippen molar-refractivity contribution < 1.29 is 9.63 Å². The van der Waals surface area contributed by atoms with Gasteiger partial charge in [-0.25, -0.2) is 0 Å². The Bertz CT molecular complexity index is 720. The smallest absolute Gasteiger partial charge is 0.265 e. The summed E-state index contributed by atoms with van der Waals surface area (Å²) in [6.45, 7) is -0.145. The van der Waals surface area contributed by atoms with E-state index >= 15 is 0 Å². The van der Waals surface area contributed by atoms with Gasteiger partial charge in [0.1, 0.15) is 5.84 Å². The van der Waals surface area contributed by atoms with E-state index in [1.54, 1.807) is 0 Å². The molecule has 130 valence electrons. The van der Waals surface area contributed by atoms with E-state index in [2.05, 4.69) is 10.5 Å². The predicted molar refractivity (Wildman–Crippen MR) is 100 cm³/mol. The first-order valence-electron chi connectivity index (χ1n) is 8.63. The van der Waals surface area contributed by atoms with Gasteiger partial charge in [-0.05, 0) is 36.1 Å². The topological polar surface area (TPSA) is 76.7 Å². The first kappa shape index (κ1) is 17.0. The van der Waals surface area contributed by atoms with Crippen molar-refractivity contribution in [2.75, 3.05) is 11.9 Å². The number of carbonyl (C=O) groups excluding carboxylic acids is 1. The van der Waals surface area contributed by atoms with E-state index in [9.17, 15) is 4.79 Å². The molecule has 0 unspecified atom stereocenters. The molecule has 1 saturated carbocycles. The van der Waals surface area contributed by atoms with Crippen LogP contribution in [0.3, 0.4) is 0 Å². The molecular formula is C20H23N3O2. The summed E-state index contributed by atoms with van der Waals surface area (Å²) >= 11 is 0. The van der Waals surface area contributed by atoms with E-state index in [4.69, 9.17) is 10.6 Å². The number of hydrogen-bond donors (Lipinski definition) is 2. The van der Waals surface area contributed by atoms with Crippen LogP contribution in [0.25, 0.3) is 11.1 Å². The number of rotatable bonds is 6. The third-order valence-electron chi connectivity index (χ3n) is 4.41. The van der Waals surface area contributed by atoms with Gasteiger partial charge in [0, 0.05) is 11.6 Å². The normalized spacial score (nSPS) is 15.1. The number of oxime groups is 1. The van der Waals surface area contributed by atoms with Crippen molar-refractivity contribution in [3.05, 3.63) is 54.6 Å². The molecule has 0 bridgehead atoms. The van der Waals surface area contributed by atoms with Crippen LogP contribution < -0.4 is 11.1 Å². The standard InChI is InChI=1S/C20H23N3O2/c21-20(17-8-4-5-9-17)23-25-14-19(24)22-18-12-10-16(11-13-18)15-6-2-1-3-7-15/h1-3,6-7,10-13,17H,4-5,8-9,14H2,(H2,21,23)(H,22,24). The van der Waals surface area contributed by atoms with Gasteiger partial charge in [0.2, 0.25) is 0 Å². The van der Waals surface area contributed by atoms with Crippen molar-refractivity contribution in [2.45, 2.75) is 25.7 Å². The number of amides is 1. The Balaban J connectivity index is 1.48. The minimum absolute atomic E-state index is 0.145. The van der Waals surface area contributed by atoms with Crippen LogP contribution in [0.15, 0.2) is 59.8 Å². The zero-order chi connectivity index (χ0) is 17.5. The van der Waals surface area contributed by atoms with Gasteiger partial charge < -0.3 is 15.9 Å². The average molecular weight is 337 g/mol. The Morgan fingerprint density at radius 1 is 1.04 bits per heavy atom. The fraction of sp³-hybridized carbons (Fsp3) is 0.300. The van der Waals surface area contributed by atoms with Crippen LogP contribution in [-0.2, 0) is 9.63 Å². The van der Waals surface area contributed by atoms with Gasteiger partial charge in [-0.15, -0.1) is 0 Å². The highest BCUT2D eigenvalue weighted by molar-refractivity contribution is 5.92. The second kappa shape index (κ2) is 8.33. The molecule has 0 radical (unpaired) electrons. The summed E-state index contributed by atoms with van der Waals surface area (Å²) in [6.07, 6.45) is 4.47. The van der Waals surface area contributed by atoms with Crippen LogP contribution in [0.2, 0.25) is 0 Å². The van der Waals surface area contributed by atoms with Gasteiger partial charge in [0.15, 0.2) is 6.61 Å². The maximum atomic E-state index is 11.9. The minimum Gasteiger partial charge on any atom is -0.384 e. The molecule has 1 amide bonds. The quantitative estimate of drug-likeness (QED) is 0.478. The molecule has 5 heteroatoms. The Labute approximate surface area is 147 Å². The van der Waals surface area contributed by atoms with Crippen molar-refractivity contribution in [3.63, 3.8) is 0 Å². The Morgan fingerprint density at radius 3 is 2.36 bits per heavy atom.